The summed E-state index contributed by atoms with van der Waals surface area (Å²) in [7, 11) is -3.07. The van der Waals surface area contributed by atoms with Crippen LogP contribution in [0.5, 0.6) is 0 Å². The van der Waals surface area contributed by atoms with Crippen molar-refractivity contribution < 1.29 is 17.6 Å². The Kier molecular flexibility index (Phi) is 5.20. The molecule has 2 aliphatic heterocycles. The van der Waals surface area contributed by atoms with E-state index < -0.39 is 9.84 Å². The lowest BCUT2D eigenvalue weighted by Crippen LogP contribution is -2.37. The molecule has 25 heavy (non-hydrogen) atoms. The van der Waals surface area contributed by atoms with Crippen molar-refractivity contribution in [1.29, 1.82) is 0 Å². The molecule has 3 rings (SSSR count). The highest BCUT2D eigenvalue weighted by Gasteiger charge is 2.48. The van der Waals surface area contributed by atoms with Gasteiger partial charge in [-0.15, -0.1) is 0 Å². The summed E-state index contributed by atoms with van der Waals surface area (Å²) in [5.74, 6) is -0.108. The smallest absolute Gasteiger partial charge is 0.248 e. The fourth-order valence-corrected chi connectivity index (χ4v) is 7.08. The van der Waals surface area contributed by atoms with E-state index in [4.69, 9.17) is 0 Å². The van der Waals surface area contributed by atoms with Crippen LogP contribution in [0.2, 0.25) is 0 Å². The molecule has 0 unspecified atom stereocenters. The van der Waals surface area contributed by atoms with Gasteiger partial charge in [-0.05, 0) is 23.6 Å². The standard InChI is InChI=1S/C17H21FN2O3S2/c1-11(2)7-16(21)19-17-20(8-12-3-5-13(18)6-4-12)14-9-25(22,23)10-15(14)24-17/h3-6,11,14-15H,7-10H2,1-2H3/t14-,15-/m1/s1. The topological polar surface area (TPSA) is 66.8 Å². The largest absolute Gasteiger partial charge is 0.342 e. The Morgan fingerprint density at radius 3 is 2.64 bits per heavy atom. The fraction of sp³-hybridized carbons (Fsp3) is 0.529. The summed E-state index contributed by atoms with van der Waals surface area (Å²) in [6, 6.07) is 5.91. The maximum absolute atomic E-state index is 13.1. The quantitative estimate of drug-likeness (QED) is 0.798. The normalized spacial score (nSPS) is 26.4. The second-order valence-corrected chi connectivity index (χ2v) is 10.3. The van der Waals surface area contributed by atoms with Crippen molar-refractivity contribution in [2.24, 2.45) is 10.9 Å². The number of halogens is 1. The molecule has 2 fully saturated rings. The van der Waals surface area contributed by atoms with Crippen LogP contribution < -0.4 is 0 Å². The number of rotatable bonds is 4. The van der Waals surface area contributed by atoms with E-state index in [-0.39, 0.29) is 40.4 Å². The van der Waals surface area contributed by atoms with E-state index in [0.717, 1.165) is 5.56 Å². The van der Waals surface area contributed by atoms with Crippen LogP contribution in [-0.2, 0) is 21.2 Å². The van der Waals surface area contributed by atoms with Crippen molar-refractivity contribution >= 4 is 32.7 Å². The summed E-state index contributed by atoms with van der Waals surface area (Å²) in [4.78, 5) is 18.2. The van der Waals surface area contributed by atoms with E-state index in [1.165, 1.54) is 23.9 Å². The predicted octanol–water partition coefficient (Wildman–Crippen LogP) is 2.47. The molecule has 2 saturated heterocycles. The van der Waals surface area contributed by atoms with Gasteiger partial charge in [-0.2, -0.15) is 4.99 Å². The van der Waals surface area contributed by atoms with Gasteiger partial charge in [0.15, 0.2) is 15.0 Å². The predicted molar refractivity (Wildman–Crippen MR) is 97.7 cm³/mol. The molecule has 136 valence electrons. The molecule has 1 amide bonds. The first-order valence-electron chi connectivity index (χ1n) is 8.23. The van der Waals surface area contributed by atoms with E-state index in [2.05, 4.69) is 4.99 Å². The Bertz CT molecular complexity index is 791. The number of fused-ring (bicyclic) bond motifs is 1. The molecule has 0 bridgehead atoms. The number of thioether (sulfide) groups is 1. The zero-order valence-electron chi connectivity index (χ0n) is 14.2. The number of amidine groups is 1. The SMILES string of the molecule is CC(C)CC(=O)N=C1S[C@@H]2CS(=O)(=O)C[C@H]2N1Cc1ccc(F)cc1. The molecule has 0 radical (unpaired) electrons. The average Bonchev–Trinajstić information content (AvgIpc) is 2.93. The van der Waals surface area contributed by atoms with Gasteiger partial charge in [-0.25, -0.2) is 12.8 Å². The molecule has 0 aromatic heterocycles. The Labute approximate surface area is 151 Å². The minimum atomic E-state index is -3.07. The summed E-state index contributed by atoms with van der Waals surface area (Å²) < 4.78 is 37.1. The first-order chi connectivity index (χ1) is 11.7. The molecule has 2 heterocycles. The van der Waals surface area contributed by atoms with Gasteiger partial charge in [0.25, 0.3) is 0 Å². The number of sulfone groups is 1. The first-order valence-corrected chi connectivity index (χ1v) is 10.9. The van der Waals surface area contributed by atoms with E-state index in [1.807, 2.05) is 18.7 Å². The molecular formula is C17H21FN2O3S2. The number of aliphatic imine (C=N–C) groups is 1. The van der Waals surface area contributed by atoms with Crippen molar-refractivity contribution in [3.8, 4) is 0 Å². The number of hydrogen-bond acceptors (Lipinski definition) is 4. The van der Waals surface area contributed by atoms with Gasteiger partial charge in [-0.1, -0.05) is 37.7 Å². The number of nitrogens with zero attached hydrogens (tertiary/aromatic N) is 2. The van der Waals surface area contributed by atoms with Crippen molar-refractivity contribution in [2.45, 2.75) is 38.1 Å². The van der Waals surface area contributed by atoms with Gasteiger partial charge in [-0.3, -0.25) is 4.79 Å². The molecule has 2 atom stereocenters. The van der Waals surface area contributed by atoms with E-state index >= 15 is 0 Å². The third kappa shape index (κ3) is 4.41. The number of carbonyl (C=O) groups excluding carboxylic acids is 1. The average molecular weight is 384 g/mol. The third-order valence-electron chi connectivity index (χ3n) is 4.24. The van der Waals surface area contributed by atoms with Crippen LogP contribution in [0.15, 0.2) is 29.3 Å². The van der Waals surface area contributed by atoms with Gasteiger partial charge >= 0.3 is 0 Å². The van der Waals surface area contributed by atoms with Crippen molar-refractivity contribution in [2.75, 3.05) is 11.5 Å². The van der Waals surface area contributed by atoms with E-state index in [9.17, 15) is 17.6 Å². The lowest BCUT2D eigenvalue weighted by Gasteiger charge is -2.24. The van der Waals surface area contributed by atoms with Gasteiger partial charge in [0.2, 0.25) is 5.91 Å². The Balaban J connectivity index is 1.85. The first kappa shape index (κ1) is 18.4. The van der Waals surface area contributed by atoms with Gasteiger partial charge < -0.3 is 4.90 Å². The highest BCUT2D eigenvalue weighted by molar-refractivity contribution is 8.15. The number of carbonyl (C=O) groups is 1. The zero-order chi connectivity index (χ0) is 18.2. The third-order valence-corrected chi connectivity index (χ3v) is 7.49. The summed E-state index contributed by atoms with van der Waals surface area (Å²) in [5, 5.41) is 0.482. The summed E-state index contributed by atoms with van der Waals surface area (Å²) in [5.41, 5.74) is 0.857. The zero-order valence-corrected chi connectivity index (χ0v) is 15.8. The second kappa shape index (κ2) is 7.07. The molecule has 8 heteroatoms. The maximum Gasteiger partial charge on any atom is 0.248 e. The Morgan fingerprint density at radius 1 is 1.32 bits per heavy atom. The van der Waals surface area contributed by atoms with E-state index in [1.54, 1.807) is 12.1 Å². The molecule has 0 saturated carbocycles. The minimum absolute atomic E-state index is 0.0727. The maximum atomic E-state index is 13.1. The summed E-state index contributed by atoms with van der Waals surface area (Å²) >= 11 is 1.37. The Morgan fingerprint density at radius 2 is 2.00 bits per heavy atom. The minimum Gasteiger partial charge on any atom is -0.342 e. The highest BCUT2D eigenvalue weighted by Crippen LogP contribution is 2.39. The van der Waals surface area contributed by atoms with Crippen LogP contribution in [0, 0.1) is 11.7 Å². The highest BCUT2D eigenvalue weighted by atomic mass is 32.2. The molecule has 2 aliphatic rings. The van der Waals surface area contributed by atoms with Crippen LogP contribution in [0.1, 0.15) is 25.8 Å². The van der Waals surface area contributed by atoms with Crippen LogP contribution in [0.25, 0.3) is 0 Å². The summed E-state index contributed by atoms with van der Waals surface area (Å²) in [6.45, 7) is 4.33. The molecule has 0 N–H and O–H groups in total. The summed E-state index contributed by atoms with van der Waals surface area (Å²) in [6.07, 6.45) is 0.363. The Hall–Kier alpha value is -1.41. The number of benzene rings is 1. The van der Waals surface area contributed by atoms with Crippen LogP contribution >= 0.6 is 11.8 Å². The fourth-order valence-electron chi connectivity index (χ4n) is 3.11. The van der Waals surface area contributed by atoms with Crippen molar-refractivity contribution in [1.82, 2.24) is 4.90 Å². The molecule has 0 aliphatic carbocycles. The molecule has 1 aromatic carbocycles. The van der Waals surface area contributed by atoms with Gasteiger partial charge in [0.1, 0.15) is 5.82 Å². The van der Waals surface area contributed by atoms with Gasteiger partial charge in [0, 0.05) is 18.2 Å². The lowest BCUT2D eigenvalue weighted by atomic mass is 10.1. The van der Waals surface area contributed by atoms with Crippen LogP contribution in [-0.4, -0.2) is 47.2 Å². The molecule has 1 aromatic rings. The molecular weight excluding hydrogens is 363 g/mol. The van der Waals surface area contributed by atoms with Gasteiger partial charge in [0.05, 0.1) is 17.5 Å². The van der Waals surface area contributed by atoms with Crippen molar-refractivity contribution in [3.05, 3.63) is 35.6 Å². The van der Waals surface area contributed by atoms with Crippen molar-refractivity contribution in [3.63, 3.8) is 0 Å². The molecule has 0 spiro atoms. The number of hydrogen-bond donors (Lipinski definition) is 0. The number of amides is 1. The van der Waals surface area contributed by atoms with Crippen LogP contribution in [0.3, 0.4) is 0 Å². The second-order valence-electron chi connectivity index (χ2n) is 6.94. The lowest BCUT2D eigenvalue weighted by molar-refractivity contribution is -0.118. The van der Waals surface area contributed by atoms with E-state index in [0.29, 0.717) is 18.1 Å². The molecule has 5 nitrogen and oxygen atoms in total. The monoisotopic (exact) mass is 384 g/mol. The van der Waals surface area contributed by atoms with Crippen LogP contribution in [0.4, 0.5) is 4.39 Å².